The van der Waals surface area contributed by atoms with E-state index in [2.05, 4.69) is 38.8 Å². The van der Waals surface area contributed by atoms with Gasteiger partial charge < -0.3 is 10.6 Å². The van der Waals surface area contributed by atoms with Crippen LogP contribution in [0.1, 0.15) is 41.3 Å². The van der Waals surface area contributed by atoms with Gasteiger partial charge in [0, 0.05) is 30.4 Å². The summed E-state index contributed by atoms with van der Waals surface area (Å²) >= 11 is 14.2. The summed E-state index contributed by atoms with van der Waals surface area (Å²) in [6.07, 6.45) is 4.09. The van der Waals surface area contributed by atoms with E-state index in [0.29, 0.717) is 37.7 Å². The average Bonchev–Trinajstić information content (AvgIpc) is 3.55. The van der Waals surface area contributed by atoms with Crippen molar-refractivity contribution < 1.29 is 4.79 Å². The minimum atomic E-state index is -0.227. The number of anilines is 3. The molecule has 168 valence electrons. The van der Waals surface area contributed by atoms with Gasteiger partial charge in [-0.2, -0.15) is 0 Å². The Hall–Kier alpha value is -2.32. The lowest BCUT2D eigenvalue weighted by atomic mass is 9.88. The number of hydrogen-bond acceptors (Lipinski definition) is 6. The maximum Gasteiger partial charge on any atom is 0.263 e. The van der Waals surface area contributed by atoms with Crippen molar-refractivity contribution in [2.75, 3.05) is 16.8 Å². The molecule has 33 heavy (non-hydrogen) atoms. The van der Waals surface area contributed by atoms with Crippen LogP contribution >= 0.6 is 35.0 Å². The van der Waals surface area contributed by atoms with Crippen molar-refractivity contribution in [2.24, 2.45) is 0 Å². The van der Waals surface area contributed by atoms with Crippen molar-refractivity contribution in [3.63, 3.8) is 0 Å². The highest BCUT2D eigenvalue weighted by molar-refractivity contribution is 8.00. The van der Waals surface area contributed by atoms with E-state index in [9.17, 15) is 4.79 Å². The minimum absolute atomic E-state index is 0.215. The molecule has 0 bridgehead atoms. The van der Waals surface area contributed by atoms with Crippen LogP contribution in [0.4, 0.5) is 17.3 Å². The average molecular weight is 498 g/mol. The van der Waals surface area contributed by atoms with Gasteiger partial charge in [0.25, 0.3) is 5.91 Å². The Balaban J connectivity index is 1.28. The molecule has 2 aromatic carbocycles. The predicted molar refractivity (Wildman–Crippen MR) is 133 cm³/mol. The third kappa shape index (κ3) is 3.58. The molecule has 1 spiro atoms. The van der Waals surface area contributed by atoms with Gasteiger partial charge >= 0.3 is 0 Å². The van der Waals surface area contributed by atoms with Crippen LogP contribution in [0.2, 0.25) is 10.0 Å². The molecule has 9 heteroatoms. The Morgan fingerprint density at radius 1 is 1.21 bits per heavy atom. The molecule has 6 nitrogen and oxygen atoms in total. The molecular weight excluding hydrogens is 477 g/mol. The topological polar surface area (TPSA) is 70.1 Å². The number of nitrogens with zero attached hydrogens (tertiary/aromatic N) is 3. The standard InChI is InChI=1S/C24H21Cl2N5OS/c1-13-31(20-18(25)3-2-4-19(20)26)22(32)16-11-28-23(30-21(16)33-13)29-15-5-6-17-14(9-15)10-27-12-24(17)7-8-24/h2-6,9,11,13,27H,7-8,10,12H2,1H3,(H,28,29,30). The van der Waals surface area contributed by atoms with E-state index in [1.54, 1.807) is 29.3 Å². The number of rotatable bonds is 3. The molecule has 1 unspecified atom stereocenters. The largest absolute Gasteiger partial charge is 0.324 e. The smallest absolute Gasteiger partial charge is 0.263 e. The highest BCUT2D eigenvalue weighted by Gasteiger charge is 2.46. The van der Waals surface area contributed by atoms with Crippen LogP contribution in [0.3, 0.4) is 0 Å². The summed E-state index contributed by atoms with van der Waals surface area (Å²) in [5, 5.41) is 8.13. The van der Waals surface area contributed by atoms with Crippen LogP contribution in [0.25, 0.3) is 0 Å². The molecule has 1 saturated carbocycles. The zero-order chi connectivity index (χ0) is 22.7. The lowest BCUT2D eigenvalue weighted by Crippen LogP contribution is -2.41. The Bertz CT molecular complexity index is 1280. The first-order valence-corrected chi connectivity index (χ1v) is 12.5. The number of benzene rings is 2. The molecule has 0 saturated heterocycles. The summed E-state index contributed by atoms with van der Waals surface area (Å²) < 4.78 is 0. The van der Waals surface area contributed by atoms with Crippen molar-refractivity contribution in [3.8, 4) is 0 Å². The first-order chi connectivity index (χ1) is 15.9. The van der Waals surface area contributed by atoms with Gasteiger partial charge in [0.05, 0.1) is 26.7 Å². The second-order valence-electron chi connectivity index (χ2n) is 8.76. The predicted octanol–water partition coefficient (Wildman–Crippen LogP) is 5.76. The number of fused-ring (bicyclic) bond motifs is 3. The fourth-order valence-corrected chi connectivity index (χ4v) is 6.38. The summed E-state index contributed by atoms with van der Waals surface area (Å²) in [7, 11) is 0. The number of thioether (sulfide) groups is 1. The maximum absolute atomic E-state index is 13.3. The van der Waals surface area contributed by atoms with Gasteiger partial charge in [-0.25, -0.2) is 9.97 Å². The maximum atomic E-state index is 13.3. The Labute approximate surface area is 206 Å². The Kier molecular flexibility index (Phi) is 5.07. The molecule has 6 rings (SSSR count). The Morgan fingerprint density at radius 3 is 2.76 bits per heavy atom. The first-order valence-electron chi connectivity index (χ1n) is 10.9. The van der Waals surface area contributed by atoms with Crippen molar-refractivity contribution in [1.29, 1.82) is 0 Å². The second-order valence-corrected chi connectivity index (χ2v) is 10.9. The molecule has 3 aliphatic rings. The van der Waals surface area contributed by atoms with E-state index in [1.165, 1.54) is 35.7 Å². The van der Waals surface area contributed by atoms with Crippen LogP contribution in [-0.2, 0) is 12.0 Å². The van der Waals surface area contributed by atoms with Crippen LogP contribution in [0.15, 0.2) is 47.6 Å². The molecule has 1 atom stereocenters. The molecule has 1 amide bonds. The number of aromatic nitrogens is 2. The molecular formula is C24H21Cl2N5OS. The van der Waals surface area contributed by atoms with Crippen molar-refractivity contribution in [2.45, 2.75) is 42.1 Å². The van der Waals surface area contributed by atoms with Gasteiger partial charge in [-0.05, 0) is 55.2 Å². The fourth-order valence-electron chi connectivity index (χ4n) is 4.77. The SMILES string of the molecule is CC1Sc2nc(Nc3ccc4c(c3)CNCC43CC3)ncc2C(=O)N1c1c(Cl)cccc1Cl. The molecule has 2 aliphatic heterocycles. The summed E-state index contributed by atoms with van der Waals surface area (Å²) in [6, 6.07) is 11.7. The van der Waals surface area contributed by atoms with Crippen molar-refractivity contribution in [3.05, 3.63) is 69.3 Å². The molecule has 3 heterocycles. The van der Waals surface area contributed by atoms with Crippen LogP contribution in [0, 0.1) is 0 Å². The number of carbonyl (C=O) groups is 1. The molecule has 1 aliphatic carbocycles. The van der Waals surface area contributed by atoms with Crippen LogP contribution < -0.4 is 15.5 Å². The number of nitrogens with one attached hydrogen (secondary N) is 2. The molecule has 0 radical (unpaired) electrons. The van der Waals surface area contributed by atoms with E-state index in [4.69, 9.17) is 23.2 Å². The Morgan fingerprint density at radius 2 is 2.00 bits per heavy atom. The minimum Gasteiger partial charge on any atom is -0.324 e. The second kappa shape index (κ2) is 7.87. The molecule has 1 aromatic heterocycles. The van der Waals surface area contributed by atoms with E-state index < -0.39 is 0 Å². The summed E-state index contributed by atoms with van der Waals surface area (Å²) in [5.74, 6) is 0.253. The van der Waals surface area contributed by atoms with E-state index >= 15 is 0 Å². The van der Waals surface area contributed by atoms with E-state index in [1.807, 2.05) is 6.92 Å². The number of amides is 1. The van der Waals surface area contributed by atoms with Gasteiger partial charge in [-0.3, -0.25) is 9.69 Å². The number of carbonyl (C=O) groups excluding carboxylic acids is 1. The van der Waals surface area contributed by atoms with Crippen molar-refractivity contribution in [1.82, 2.24) is 15.3 Å². The molecule has 3 aromatic rings. The number of hydrogen-bond donors (Lipinski definition) is 2. The lowest BCUT2D eigenvalue weighted by molar-refractivity contribution is 0.0979. The van der Waals surface area contributed by atoms with Crippen LogP contribution in [0.5, 0.6) is 0 Å². The van der Waals surface area contributed by atoms with E-state index in [-0.39, 0.29) is 11.3 Å². The monoisotopic (exact) mass is 497 g/mol. The van der Waals surface area contributed by atoms with Gasteiger partial charge in [0.15, 0.2) is 0 Å². The van der Waals surface area contributed by atoms with Crippen molar-refractivity contribution >= 4 is 58.2 Å². The van der Waals surface area contributed by atoms with Gasteiger partial charge in [0.2, 0.25) is 5.95 Å². The fraction of sp³-hybridized carbons (Fsp3) is 0.292. The summed E-state index contributed by atoms with van der Waals surface area (Å²) in [5.41, 5.74) is 5.02. The zero-order valence-corrected chi connectivity index (χ0v) is 20.2. The zero-order valence-electron chi connectivity index (χ0n) is 17.9. The summed E-state index contributed by atoms with van der Waals surface area (Å²) in [4.78, 5) is 24.0. The van der Waals surface area contributed by atoms with E-state index in [0.717, 1.165) is 18.8 Å². The summed E-state index contributed by atoms with van der Waals surface area (Å²) in [6.45, 7) is 3.88. The molecule has 2 N–H and O–H groups in total. The highest BCUT2D eigenvalue weighted by atomic mass is 35.5. The van der Waals surface area contributed by atoms with Gasteiger partial charge in [-0.15, -0.1) is 0 Å². The third-order valence-corrected chi connectivity index (χ3v) is 8.29. The molecule has 1 fully saturated rings. The van der Waals surface area contributed by atoms with Gasteiger partial charge in [0.1, 0.15) is 5.03 Å². The third-order valence-electron chi connectivity index (χ3n) is 6.59. The lowest BCUT2D eigenvalue weighted by Gasteiger charge is -2.34. The van der Waals surface area contributed by atoms with Crippen LogP contribution in [-0.4, -0.2) is 27.8 Å². The normalized spacial score (nSPS) is 20.4. The quantitative estimate of drug-likeness (QED) is 0.448. The number of para-hydroxylation sites is 1. The number of halogens is 2. The van der Waals surface area contributed by atoms with Gasteiger partial charge in [-0.1, -0.05) is 47.1 Å². The highest BCUT2D eigenvalue weighted by Crippen LogP contribution is 2.51. The first kappa shape index (κ1) is 21.2.